The van der Waals surface area contributed by atoms with Gasteiger partial charge in [-0.2, -0.15) is 0 Å². The molecule has 13 heavy (non-hydrogen) atoms. The Morgan fingerprint density at radius 1 is 1.31 bits per heavy atom. The van der Waals surface area contributed by atoms with Crippen LogP contribution in [0.3, 0.4) is 0 Å². The van der Waals surface area contributed by atoms with Gasteiger partial charge in [-0.15, -0.1) is 0 Å². The van der Waals surface area contributed by atoms with Gasteiger partial charge in [0.05, 0.1) is 0 Å². The number of fused-ring (bicyclic) bond motifs is 1. The van der Waals surface area contributed by atoms with Crippen LogP contribution in [-0.4, -0.2) is 6.17 Å². The number of halogens is 3. The summed E-state index contributed by atoms with van der Waals surface area (Å²) in [5.41, 5.74) is 1.07. The lowest BCUT2D eigenvalue weighted by Crippen LogP contribution is -2.27. The molecular formula is C10H7BrF2. The van der Waals surface area contributed by atoms with Crippen molar-refractivity contribution in [3.05, 3.63) is 41.5 Å². The van der Waals surface area contributed by atoms with Crippen molar-refractivity contribution in [3.8, 4) is 0 Å². The molecule has 68 valence electrons. The molecule has 0 N–H and O–H groups in total. The maximum absolute atomic E-state index is 13.7. The Balaban J connectivity index is 2.61. The Hall–Kier alpha value is -0.700. The van der Waals surface area contributed by atoms with Crippen molar-refractivity contribution >= 4 is 22.0 Å². The van der Waals surface area contributed by atoms with Crippen LogP contribution in [0.5, 0.6) is 0 Å². The van der Waals surface area contributed by atoms with Gasteiger partial charge in [-0.3, -0.25) is 0 Å². The molecule has 2 rings (SSSR count). The van der Waals surface area contributed by atoms with Gasteiger partial charge in [0.2, 0.25) is 4.58 Å². The zero-order valence-electron chi connectivity index (χ0n) is 6.68. The highest BCUT2D eigenvalue weighted by Gasteiger charge is 2.40. The van der Waals surface area contributed by atoms with Gasteiger partial charge in [-0.1, -0.05) is 30.3 Å². The van der Waals surface area contributed by atoms with Gasteiger partial charge in [-0.25, -0.2) is 8.78 Å². The van der Waals surface area contributed by atoms with Crippen LogP contribution in [-0.2, 0) is 4.58 Å². The third-order valence-corrected chi connectivity index (χ3v) is 2.98. The smallest absolute Gasteiger partial charge is 0.225 e. The Labute approximate surface area is 83.4 Å². The van der Waals surface area contributed by atoms with Crippen molar-refractivity contribution in [3.63, 3.8) is 0 Å². The van der Waals surface area contributed by atoms with Crippen molar-refractivity contribution in [1.82, 2.24) is 0 Å². The number of benzene rings is 1. The summed E-state index contributed by atoms with van der Waals surface area (Å²) in [7, 11) is 0. The largest absolute Gasteiger partial charge is 0.238 e. The topological polar surface area (TPSA) is 0 Å². The minimum Gasteiger partial charge on any atom is -0.238 e. The predicted molar refractivity (Wildman–Crippen MR) is 52.1 cm³/mol. The fourth-order valence-electron chi connectivity index (χ4n) is 1.40. The zero-order chi connectivity index (χ0) is 9.47. The first-order valence-electron chi connectivity index (χ1n) is 3.92. The van der Waals surface area contributed by atoms with Gasteiger partial charge < -0.3 is 0 Å². The lowest BCUT2D eigenvalue weighted by molar-refractivity contribution is 0.177. The number of rotatable bonds is 0. The first-order valence-corrected chi connectivity index (χ1v) is 4.71. The fraction of sp³-hybridized carbons (Fsp3) is 0.200. The summed E-state index contributed by atoms with van der Waals surface area (Å²) in [5.74, 6) is 0. The van der Waals surface area contributed by atoms with Crippen molar-refractivity contribution in [2.24, 2.45) is 0 Å². The Bertz CT molecular complexity index is 358. The lowest BCUT2D eigenvalue weighted by Gasteiger charge is -2.26. The second kappa shape index (κ2) is 2.91. The molecule has 0 nitrogen and oxygen atoms in total. The van der Waals surface area contributed by atoms with Gasteiger partial charge in [0.1, 0.15) is 0 Å². The molecule has 0 spiro atoms. The van der Waals surface area contributed by atoms with Crippen LogP contribution in [0.2, 0.25) is 0 Å². The maximum Gasteiger partial charge on any atom is 0.225 e. The number of hydrogen-bond acceptors (Lipinski definition) is 0. The lowest BCUT2D eigenvalue weighted by atomic mass is 9.95. The third kappa shape index (κ3) is 1.31. The molecule has 0 fully saturated rings. The molecule has 3 heteroatoms. The maximum atomic E-state index is 13.7. The summed E-state index contributed by atoms with van der Waals surface area (Å²) >= 11 is 2.76. The number of hydrogen-bond donors (Lipinski definition) is 0. The van der Waals surface area contributed by atoms with Crippen LogP contribution in [0, 0.1) is 0 Å². The SMILES string of the molecule is FC1C=Cc2ccccc2C1(F)Br. The summed E-state index contributed by atoms with van der Waals surface area (Å²) in [6, 6.07) is 6.83. The molecule has 0 saturated heterocycles. The van der Waals surface area contributed by atoms with Gasteiger partial charge in [0, 0.05) is 5.56 Å². The molecule has 0 radical (unpaired) electrons. The summed E-state index contributed by atoms with van der Waals surface area (Å²) in [6.07, 6.45) is 1.19. The molecule has 0 amide bonds. The molecule has 1 aliphatic rings. The van der Waals surface area contributed by atoms with Crippen molar-refractivity contribution in [2.45, 2.75) is 10.7 Å². The highest BCUT2D eigenvalue weighted by Crippen LogP contribution is 2.43. The van der Waals surface area contributed by atoms with E-state index in [2.05, 4.69) is 15.9 Å². The minimum atomic E-state index is -2.07. The van der Waals surface area contributed by atoms with E-state index in [1.807, 2.05) is 0 Å². The molecule has 0 saturated carbocycles. The molecule has 1 aromatic carbocycles. The molecule has 2 unspecified atom stereocenters. The van der Waals surface area contributed by atoms with Crippen LogP contribution < -0.4 is 0 Å². The second-order valence-corrected chi connectivity index (χ2v) is 4.13. The summed E-state index contributed by atoms with van der Waals surface area (Å²) in [6.45, 7) is 0. The predicted octanol–water partition coefficient (Wildman–Crippen LogP) is 3.57. The van der Waals surface area contributed by atoms with Gasteiger partial charge >= 0.3 is 0 Å². The van der Waals surface area contributed by atoms with E-state index >= 15 is 0 Å². The monoisotopic (exact) mass is 244 g/mol. The fourth-order valence-corrected chi connectivity index (χ4v) is 1.92. The summed E-state index contributed by atoms with van der Waals surface area (Å²) < 4.78 is 24.8. The highest BCUT2D eigenvalue weighted by molar-refractivity contribution is 9.09. The summed E-state index contributed by atoms with van der Waals surface area (Å²) in [5, 5.41) is 0. The molecule has 0 heterocycles. The second-order valence-electron chi connectivity index (χ2n) is 2.97. The van der Waals surface area contributed by atoms with E-state index in [0.717, 1.165) is 5.56 Å². The minimum absolute atomic E-state index is 0.352. The van der Waals surface area contributed by atoms with Gasteiger partial charge in [-0.05, 0) is 27.6 Å². The number of alkyl halides is 3. The van der Waals surface area contributed by atoms with E-state index in [-0.39, 0.29) is 0 Å². The van der Waals surface area contributed by atoms with Crippen molar-refractivity contribution in [1.29, 1.82) is 0 Å². The van der Waals surface area contributed by atoms with E-state index < -0.39 is 10.7 Å². The van der Waals surface area contributed by atoms with Crippen LogP contribution in [0.15, 0.2) is 30.3 Å². The molecule has 0 bridgehead atoms. The van der Waals surface area contributed by atoms with E-state index in [1.165, 1.54) is 6.08 Å². The standard InChI is InChI=1S/C10H7BrF2/c11-10(13)8-4-2-1-3-7(8)5-6-9(10)12/h1-6,9H. The van der Waals surface area contributed by atoms with Crippen molar-refractivity contribution in [2.75, 3.05) is 0 Å². The first kappa shape index (κ1) is 8.88. The first-order chi connectivity index (χ1) is 6.12. The molecule has 0 aliphatic heterocycles. The average molecular weight is 245 g/mol. The van der Waals surface area contributed by atoms with Crippen LogP contribution in [0.1, 0.15) is 11.1 Å². The Morgan fingerprint density at radius 3 is 2.77 bits per heavy atom. The molecule has 1 aliphatic carbocycles. The van der Waals surface area contributed by atoms with Crippen LogP contribution in [0.4, 0.5) is 8.78 Å². The molecule has 1 aromatic rings. The number of allylic oxidation sites excluding steroid dienone is 1. The Morgan fingerprint density at radius 2 is 2.00 bits per heavy atom. The average Bonchev–Trinajstić information content (AvgIpc) is 2.13. The van der Waals surface area contributed by atoms with E-state index in [9.17, 15) is 8.78 Å². The van der Waals surface area contributed by atoms with E-state index in [4.69, 9.17) is 0 Å². The normalized spacial score (nSPS) is 31.5. The summed E-state index contributed by atoms with van der Waals surface area (Å²) in [4.78, 5) is 0. The third-order valence-electron chi connectivity index (χ3n) is 2.11. The molecule has 0 aromatic heterocycles. The van der Waals surface area contributed by atoms with E-state index in [0.29, 0.717) is 5.56 Å². The Kier molecular flexibility index (Phi) is 1.99. The quantitative estimate of drug-likeness (QED) is 0.613. The van der Waals surface area contributed by atoms with Gasteiger partial charge in [0.25, 0.3) is 0 Å². The zero-order valence-corrected chi connectivity index (χ0v) is 8.26. The highest BCUT2D eigenvalue weighted by atomic mass is 79.9. The van der Waals surface area contributed by atoms with Crippen LogP contribution >= 0.6 is 15.9 Å². The van der Waals surface area contributed by atoms with Gasteiger partial charge in [0.15, 0.2) is 6.17 Å². The molecule has 2 atom stereocenters. The van der Waals surface area contributed by atoms with Crippen LogP contribution in [0.25, 0.3) is 6.08 Å². The van der Waals surface area contributed by atoms with E-state index in [1.54, 1.807) is 30.3 Å². The van der Waals surface area contributed by atoms with Crippen molar-refractivity contribution < 1.29 is 8.78 Å². The molecular weight excluding hydrogens is 238 g/mol.